The summed E-state index contributed by atoms with van der Waals surface area (Å²) in [6, 6.07) is 0. The van der Waals surface area contributed by atoms with Crippen LogP contribution in [0.1, 0.15) is 27.7 Å². The third-order valence-electron chi connectivity index (χ3n) is 2.14. The fourth-order valence-corrected chi connectivity index (χ4v) is 0.548. The summed E-state index contributed by atoms with van der Waals surface area (Å²) in [7, 11) is 1.42. The summed E-state index contributed by atoms with van der Waals surface area (Å²) in [4.78, 5) is 0. The molecule has 0 spiro atoms. The highest BCUT2D eigenvalue weighted by Crippen LogP contribution is 2.33. The Bertz CT molecular complexity index is 112. The van der Waals surface area contributed by atoms with Gasteiger partial charge in [-0.2, -0.15) is 0 Å². The van der Waals surface area contributed by atoms with Gasteiger partial charge >= 0.3 is 7.69 Å². The zero-order valence-corrected chi connectivity index (χ0v) is 9.52. The molecule has 1 aliphatic heterocycles. The van der Waals surface area contributed by atoms with Gasteiger partial charge in [-0.1, -0.05) is 0 Å². The molecule has 0 bridgehead atoms. The van der Waals surface area contributed by atoms with Crippen molar-refractivity contribution in [3.05, 3.63) is 0 Å². The van der Waals surface area contributed by atoms with Crippen molar-refractivity contribution in [2.75, 3.05) is 0 Å². The predicted octanol–water partition coefficient (Wildman–Crippen LogP) is 1.06. The SMILES string of the molecule is CC1(C)O[B]OC1(C)C.[CH3][AlH]. The van der Waals surface area contributed by atoms with Gasteiger partial charge in [0, 0.05) is 0 Å². The van der Waals surface area contributed by atoms with Crippen LogP contribution < -0.4 is 0 Å². The monoisotopic (exact) mass is 170 g/mol. The highest BCUT2D eigenvalue weighted by Gasteiger charge is 2.44. The summed E-state index contributed by atoms with van der Waals surface area (Å²) < 4.78 is 10.4. The molecular formula is C7H16AlBO2. The molecule has 0 unspecified atom stereocenters. The molecule has 1 aliphatic rings. The van der Waals surface area contributed by atoms with Crippen LogP contribution in [0.15, 0.2) is 0 Å². The molecule has 0 aliphatic carbocycles. The van der Waals surface area contributed by atoms with Crippen LogP contribution in [0.3, 0.4) is 0 Å². The summed E-state index contributed by atoms with van der Waals surface area (Å²) in [6.07, 6.45) is 0. The number of hydrogen-bond donors (Lipinski definition) is 0. The Balaban J connectivity index is 0.000000461. The summed E-state index contributed by atoms with van der Waals surface area (Å²) >= 11 is 1.86. The molecule has 4 heteroatoms. The quantitative estimate of drug-likeness (QED) is 0.506. The van der Waals surface area contributed by atoms with Crippen LogP contribution >= 0.6 is 0 Å². The van der Waals surface area contributed by atoms with Crippen LogP contribution in [0.25, 0.3) is 0 Å². The van der Waals surface area contributed by atoms with E-state index in [9.17, 15) is 0 Å². The van der Waals surface area contributed by atoms with Gasteiger partial charge in [0.1, 0.15) is 0 Å². The largest absolute Gasteiger partial charge is 0.488 e. The Hall–Kier alpha value is 0.517. The average Bonchev–Trinajstić information content (AvgIpc) is 2.12. The smallest absolute Gasteiger partial charge is 0.405 e. The highest BCUT2D eigenvalue weighted by atomic mass is 27.0. The van der Waals surface area contributed by atoms with Crippen LogP contribution in [0.5, 0.6) is 0 Å². The summed E-state index contributed by atoms with van der Waals surface area (Å²) in [5, 5.41) is 0. The van der Waals surface area contributed by atoms with Crippen molar-refractivity contribution in [1.82, 2.24) is 0 Å². The van der Waals surface area contributed by atoms with Crippen molar-refractivity contribution in [3.8, 4) is 0 Å². The summed E-state index contributed by atoms with van der Waals surface area (Å²) in [5.74, 6) is 2.03. The van der Waals surface area contributed by atoms with Crippen molar-refractivity contribution in [3.63, 3.8) is 0 Å². The second-order valence-electron chi connectivity index (χ2n) is 3.35. The first-order chi connectivity index (χ1) is 4.96. The minimum absolute atomic E-state index is 0.187. The molecule has 11 heavy (non-hydrogen) atoms. The van der Waals surface area contributed by atoms with E-state index in [4.69, 9.17) is 9.31 Å². The molecule has 62 valence electrons. The average molecular weight is 170 g/mol. The Morgan fingerprint density at radius 1 is 0.909 bits per heavy atom. The van der Waals surface area contributed by atoms with Gasteiger partial charge in [-0.05, 0) is 27.7 Å². The van der Waals surface area contributed by atoms with Crippen LogP contribution in [0, 0.1) is 0 Å². The van der Waals surface area contributed by atoms with E-state index in [1.807, 2.05) is 49.8 Å². The molecule has 0 aromatic heterocycles. The van der Waals surface area contributed by atoms with Gasteiger partial charge in [-0.25, -0.2) is 0 Å². The van der Waals surface area contributed by atoms with E-state index in [1.165, 1.54) is 7.69 Å². The minimum Gasteiger partial charge on any atom is -0.405 e. The second-order valence-corrected chi connectivity index (χ2v) is 3.35. The molecule has 1 rings (SSSR count). The van der Waals surface area contributed by atoms with Gasteiger partial charge in [0.05, 0.1) is 11.2 Å². The summed E-state index contributed by atoms with van der Waals surface area (Å²) in [6.45, 7) is 8.04. The molecule has 0 aromatic carbocycles. The third-order valence-corrected chi connectivity index (χ3v) is 2.14. The second kappa shape index (κ2) is 3.96. The van der Waals surface area contributed by atoms with Crippen molar-refractivity contribution in [2.45, 2.75) is 44.7 Å². The van der Waals surface area contributed by atoms with E-state index >= 15 is 0 Å². The van der Waals surface area contributed by atoms with Crippen molar-refractivity contribution in [2.24, 2.45) is 0 Å². The lowest BCUT2D eigenvalue weighted by molar-refractivity contribution is 0.00578. The lowest BCUT2D eigenvalue weighted by atomic mass is 9.90. The first-order valence-corrected chi connectivity index (χ1v) is 5.25. The zero-order chi connectivity index (χ0) is 9.12. The van der Waals surface area contributed by atoms with Gasteiger partial charge in [-0.15, -0.1) is 5.79 Å². The fourth-order valence-electron chi connectivity index (χ4n) is 0.548. The molecule has 1 saturated heterocycles. The Kier molecular flexibility index (Phi) is 4.14. The topological polar surface area (TPSA) is 18.5 Å². The van der Waals surface area contributed by atoms with Crippen molar-refractivity contribution < 1.29 is 9.31 Å². The molecule has 0 amide bonds. The predicted molar refractivity (Wildman–Crippen MR) is 49.1 cm³/mol. The first-order valence-electron chi connectivity index (χ1n) is 3.84. The minimum atomic E-state index is -0.188. The van der Waals surface area contributed by atoms with E-state index < -0.39 is 0 Å². The van der Waals surface area contributed by atoms with Crippen LogP contribution in [0.2, 0.25) is 5.79 Å². The fraction of sp³-hybridized carbons (Fsp3) is 1.00. The van der Waals surface area contributed by atoms with Crippen molar-refractivity contribution in [1.29, 1.82) is 0 Å². The van der Waals surface area contributed by atoms with Crippen molar-refractivity contribution >= 4 is 24.0 Å². The van der Waals surface area contributed by atoms with Crippen LogP contribution in [-0.4, -0.2) is 35.2 Å². The molecule has 0 N–H and O–H groups in total. The van der Waals surface area contributed by atoms with E-state index in [-0.39, 0.29) is 11.2 Å². The maximum atomic E-state index is 5.21. The van der Waals surface area contributed by atoms with Gasteiger partial charge in [0.2, 0.25) is 0 Å². The lowest BCUT2D eigenvalue weighted by Gasteiger charge is -2.32. The molecule has 1 fully saturated rings. The normalized spacial score (nSPS) is 24.8. The first kappa shape index (κ1) is 11.5. The number of hydrogen-bond acceptors (Lipinski definition) is 2. The van der Waals surface area contributed by atoms with Gasteiger partial charge in [-0.3, -0.25) is 0 Å². The molecule has 2 nitrogen and oxygen atoms in total. The van der Waals surface area contributed by atoms with Crippen LogP contribution in [-0.2, 0) is 9.31 Å². The lowest BCUT2D eigenvalue weighted by Crippen LogP contribution is -2.41. The van der Waals surface area contributed by atoms with E-state index in [0.29, 0.717) is 0 Å². The molecule has 0 saturated carbocycles. The standard InChI is InChI=1S/C6H12BO2.CH3.Al.H/c1-5(2)6(3,4)9-7-8-5;;;/h1-4H3;1H3;;. The zero-order valence-electron chi connectivity index (χ0n) is 8.10. The summed E-state index contributed by atoms with van der Waals surface area (Å²) in [5.41, 5.74) is -0.375. The Labute approximate surface area is 78.4 Å². The van der Waals surface area contributed by atoms with Crippen LogP contribution in [0.4, 0.5) is 0 Å². The molecule has 2 radical (unpaired) electrons. The van der Waals surface area contributed by atoms with Gasteiger partial charge in [0.15, 0.2) is 16.3 Å². The maximum absolute atomic E-state index is 5.21. The van der Waals surface area contributed by atoms with E-state index in [2.05, 4.69) is 0 Å². The molecule has 1 heterocycles. The Morgan fingerprint density at radius 3 is 1.27 bits per heavy atom. The van der Waals surface area contributed by atoms with E-state index in [1.54, 1.807) is 0 Å². The number of rotatable bonds is 0. The van der Waals surface area contributed by atoms with Gasteiger partial charge < -0.3 is 9.31 Å². The third kappa shape index (κ3) is 2.49. The van der Waals surface area contributed by atoms with E-state index in [0.717, 1.165) is 0 Å². The highest BCUT2D eigenvalue weighted by molar-refractivity contribution is 6.19. The maximum Gasteiger partial charge on any atom is 0.488 e. The Morgan fingerprint density at radius 2 is 1.18 bits per heavy atom. The molecule has 0 atom stereocenters. The molecule has 0 aromatic rings. The molecular weight excluding hydrogens is 154 g/mol. The van der Waals surface area contributed by atoms with Gasteiger partial charge in [0.25, 0.3) is 0 Å².